The minimum atomic E-state index is 0.861. The van der Waals surface area contributed by atoms with Crippen molar-refractivity contribution in [2.45, 2.75) is 26.7 Å². The second-order valence-electron chi connectivity index (χ2n) is 2.53. The van der Waals surface area contributed by atoms with Gasteiger partial charge in [0.05, 0.1) is 0 Å². The van der Waals surface area contributed by atoms with E-state index in [1.54, 1.807) is 5.57 Å². The molecule has 0 saturated heterocycles. The number of rotatable bonds is 0. The second kappa shape index (κ2) is 1.69. The van der Waals surface area contributed by atoms with Gasteiger partial charge in [-0.3, -0.25) is 0 Å². The normalized spacial score (nSPS) is 30.6. The molecule has 7 heavy (non-hydrogen) atoms. The maximum Gasteiger partial charge on any atom is -0.0256 e. The third-order valence-electron chi connectivity index (χ3n) is 1.56. The molecular formula is C7H12. The lowest BCUT2D eigenvalue weighted by Gasteiger charge is -1.89. The van der Waals surface area contributed by atoms with Crippen LogP contribution in [0.15, 0.2) is 11.6 Å². The van der Waals surface area contributed by atoms with E-state index >= 15 is 0 Å². The molecule has 0 aliphatic heterocycles. The standard InChI is InChI=1S/C7H12/c1-6-3-4-7(2)5-6/h5-6H,3-4H2,1-2H3/t6-/m1/s1. The van der Waals surface area contributed by atoms with Crippen molar-refractivity contribution in [1.29, 1.82) is 0 Å². The van der Waals surface area contributed by atoms with Crippen molar-refractivity contribution in [2.24, 2.45) is 5.92 Å². The Morgan fingerprint density at radius 1 is 1.71 bits per heavy atom. The van der Waals surface area contributed by atoms with Crippen LogP contribution in [0, 0.1) is 5.92 Å². The lowest BCUT2D eigenvalue weighted by molar-refractivity contribution is 0.698. The van der Waals surface area contributed by atoms with Crippen LogP contribution < -0.4 is 0 Å². The summed E-state index contributed by atoms with van der Waals surface area (Å²) in [6, 6.07) is 0. The Balaban J connectivity index is 2.50. The van der Waals surface area contributed by atoms with Gasteiger partial charge in [-0.1, -0.05) is 18.6 Å². The average molecular weight is 96.2 g/mol. The Labute approximate surface area is 45.2 Å². The summed E-state index contributed by atoms with van der Waals surface area (Å²) in [7, 11) is 0. The molecule has 1 atom stereocenters. The SMILES string of the molecule is CC1=C[C@H](C)CC1. The summed E-state index contributed by atoms with van der Waals surface area (Å²) in [4.78, 5) is 0. The van der Waals surface area contributed by atoms with Crippen molar-refractivity contribution >= 4 is 0 Å². The van der Waals surface area contributed by atoms with Crippen LogP contribution >= 0.6 is 0 Å². The van der Waals surface area contributed by atoms with Gasteiger partial charge in [-0.2, -0.15) is 0 Å². The zero-order valence-corrected chi connectivity index (χ0v) is 5.07. The van der Waals surface area contributed by atoms with E-state index in [1.807, 2.05) is 0 Å². The predicted molar refractivity (Wildman–Crippen MR) is 32.2 cm³/mol. The van der Waals surface area contributed by atoms with Gasteiger partial charge >= 0.3 is 0 Å². The summed E-state index contributed by atoms with van der Waals surface area (Å²) in [6.45, 7) is 4.49. The van der Waals surface area contributed by atoms with Gasteiger partial charge in [0.25, 0.3) is 0 Å². The largest absolute Gasteiger partial charge is 0.0828 e. The maximum atomic E-state index is 2.36. The Kier molecular flexibility index (Phi) is 1.18. The Morgan fingerprint density at radius 3 is 2.57 bits per heavy atom. The molecule has 0 radical (unpaired) electrons. The smallest absolute Gasteiger partial charge is 0.0256 e. The van der Waals surface area contributed by atoms with E-state index in [0.717, 1.165) is 5.92 Å². The lowest BCUT2D eigenvalue weighted by Crippen LogP contribution is -1.76. The monoisotopic (exact) mass is 96.1 g/mol. The van der Waals surface area contributed by atoms with E-state index in [1.165, 1.54) is 12.8 Å². The number of allylic oxidation sites excluding steroid dienone is 2. The molecular weight excluding hydrogens is 84.1 g/mol. The molecule has 1 aliphatic carbocycles. The van der Waals surface area contributed by atoms with Crippen molar-refractivity contribution in [3.63, 3.8) is 0 Å². The summed E-state index contributed by atoms with van der Waals surface area (Å²) in [5, 5.41) is 0. The molecule has 0 N–H and O–H groups in total. The lowest BCUT2D eigenvalue weighted by atomic mass is 10.2. The van der Waals surface area contributed by atoms with E-state index in [2.05, 4.69) is 19.9 Å². The van der Waals surface area contributed by atoms with Gasteiger partial charge < -0.3 is 0 Å². The van der Waals surface area contributed by atoms with E-state index in [-0.39, 0.29) is 0 Å². The summed E-state index contributed by atoms with van der Waals surface area (Å²) in [6.07, 6.45) is 5.08. The molecule has 0 unspecified atom stereocenters. The van der Waals surface area contributed by atoms with Crippen LogP contribution in [-0.2, 0) is 0 Å². The van der Waals surface area contributed by atoms with Gasteiger partial charge in [0.2, 0.25) is 0 Å². The van der Waals surface area contributed by atoms with Gasteiger partial charge in [0, 0.05) is 0 Å². The van der Waals surface area contributed by atoms with Crippen molar-refractivity contribution in [2.75, 3.05) is 0 Å². The first-order valence-electron chi connectivity index (χ1n) is 2.96. The Hall–Kier alpha value is -0.260. The highest BCUT2D eigenvalue weighted by Crippen LogP contribution is 2.21. The van der Waals surface area contributed by atoms with E-state index in [0.29, 0.717) is 0 Å². The summed E-state index contributed by atoms with van der Waals surface area (Å²) in [5.74, 6) is 0.861. The first-order valence-corrected chi connectivity index (χ1v) is 2.96. The molecule has 1 rings (SSSR count). The first kappa shape index (κ1) is 4.89. The molecule has 0 heteroatoms. The molecule has 1 aliphatic rings. The van der Waals surface area contributed by atoms with Crippen LogP contribution in [0.3, 0.4) is 0 Å². The highest BCUT2D eigenvalue weighted by molar-refractivity contribution is 5.06. The Bertz CT molecular complexity index is 90.2. The summed E-state index contributed by atoms with van der Waals surface area (Å²) >= 11 is 0. The third-order valence-corrected chi connectivity index (χ3v) is 1.56. The molecule has 0 nitrogen and oxygen atoms in total. The van der Waals surface area contributed by atoms with Gasteiger partial charge in [-0.15, -0.1) is 0 Å². The first-order chi connectivity index (χ1) is 3.29. The molecule has 0 aromatic carbocycles. The van der Waals surface area contributed by atoms with Crippen molar-refractivity contribution < 1.29 is 0 Å². The molecule has 0 saturated carbocycles. The minimum Gasteiger partial charge on any atom is -0.0828 e. The molecule has 0 aromatic heterocycles. The summed E-state index contributed by atoms with van der Waals surface area (Å²) in [5.41, 5.74) is 1.58. The van der Waals surface area contributed by atoms with Crippen LogP contribution in [-0.4, -0.2) is 0 Å². The van der Waals surface area contributed by atoms with Crippen LogP contribution in [0.2, 0.25) is 0 Å². The number of hydrogen-bond donors (Lipinski definition) is 0. The van der Waals surface area contributed by atoms with Crippen molar-refractivity contribution in [1.82, 2.24) is 0 Å². The predicted octanol–water partition coefficient (Wildman–Crippen LogP) is 2.36. The Morgan fingerprint density at radius 2 is 2.43 bits per heavy atom. The van der Waals surface area contributed by atoms with Crippen LogP contribution in [0.25, 0.3) is 0 Å². The fraction of sp³-hybridized carbons (Fsp3) is 0.714. The number of hydrogen-bond acceptors (Lipinski definition) is 0. The van der Waals surface area contributed by atoms with Crippen LogP contribution in [0.1, 0.15) is 26.7 Å². The maximum absolute atomic E-state index is 2.36. The third kappa shape index (κ3) is 1.05. The van der Waals surface area contributed by atoms with Crippen LogP contribution in [0.4, 0.5) is 0 Å². The van der Waals surface area contributed by atoms with E-state index in [4.69, 9.17) is 0 Å². The van der Waals surface area contributed by atoms with E-state index in [9.17, 15) is 0 Å². The molecule has 40 valence electrons. The van der Waals surface area contributed by atoms with E-state index < -0.39 is 0 Å². The fourth-order valence-electron chi connectivity index (χ4n) is 1.11. The highest BCUT2D eigenvalue weighted by atomic mass is 14.1. The van der Waals surface area contributed by atoms with Crippen molar-refractivity contribution in [3.05, 3.63) is 11.6 Å². The minimum absolute atomic E-state index is 0.861. The topological polar surface area (TPSA) is 0 Å². The van der Waals surface area contributed by atoms with Gasteiger partial charge in [0.15, 0.2) is 0 Å². The van der Waals surface area contributed by atoms with Gasteiger partial charge in [-0.25, -0.2) is 0 Å². The van der Waals surface area contributed by atoms with Crippen molar-refractivity contribution in [3.8, 4) is 0 Å². The molecule has 0 aromatic rings. The second-order valence-corrected chi connectivity index (χ2v) is 2.53. The highest BCUT2D eigenvalue weighted by Gasteiger charge is 2.05. The van der Waals surface area contributed by atoms with Crippen LogP contribution in [0.5, 0.6) is 0 Å². The molecule has 0 fully saturated rings. The van der Waals surface area contributed by atoms with Gasteiger partial charge in [-0.05, 0) is 25.7 Å². The molecule has 0 bridgehead atoms. The molecule has 0 amide bonds. The summed E-state index contributed by atoms with van der Waals surface area (Å²) < 4.78 is 0. The average Bonchev–Trinajstić information content (AvgIpc) is 1.87. The quantitative estimate of drug-likeness (QED) is 0.406. The fourth-order valence-corrected chi connectivity index (χ4v) is 1.11. The zero-order chi connectivity index (χ0) is 5.28. The molecule has 0 spiro atoms. The zero-order valence-electron chi connectivity index (χ0n) is 5.07. The van der Waals surface area contributed by atoms with Gasteiger partial charge in [0.1, 0.15) is 0 Å². The molecule has 0 heterocycles.